The van der Waals surface area contributed by atoms with Crippen LogP contribution in [-0.2, 0) is 16.1 Å². The average Bonchev–Trinajstić information content (AvgIpc) is 2.60. The van der Waals surface area contributed by atoms with Crippen LogP contribution < -0.4 is 5.32 Å². The smallest absolute Gasteiger partial charge is 0.323 e. The van der Waals surface area contributed by atoms with E-state index in [-0.39, 0.29) is 5.97 Å². The minimum Gasteiger partial charge on any atom is -0.468 e. The number of ether oxygens (including phenoxy) is 1. The van der Waals surface area contributed by atoms with E-state index in [1.54, 1.807) is 19.9 Å². The van der Waals surface area contributed by atoms with Crippen molar-refractivity contribution in [1.82, 2.24) is 5.32 Å². The maximum absolute atomic E-state index is 11.5. The fraction of sp³-hybridized carbons (Fsp3) is 0.286. The Kier molecular flexibility index (Phi) is 6.17. The van der Waals surface area contributed by atoms with Crippen LogP contribution in [0.5, 0.6) is 0 Å². The van der Waals surface area contributed by atoms with E-state index in [4.69, 9.17) is 4.74 Å². The minimum absolute atomic E-state index is 0.322. The molecule has 2 aromatic carbocycles. The van der Waals surface area contributed by atoms with Gasteiger partial charge < -0.3 is 10.1 Å². The molecular formula is C21H23NO2. The van der Waals surface area contributed by atoms with E-state index in [2.05, 4.69) is 59.6 Å². The van der Waals surface area contributed by atoms with Gasteiger partial charge in [-0.15, -0.1) is 0 Å². The normalized spacial score (nSPS) is 11.3. The standard InChI is InChI=1S/C21H23NO2/c1-21(2,20(23)24-3)14-7-4-8-15-22-16-18-12-9-11-17-10-5-6-13-19(17)18/h4-6,8-13,22H,15-16H2,1-3H3. The molecule has 0 aromatic heterocycles. The monoisotopic (exact) mass is 321 g/mol. The predicted molar refractivity (Wildman–Crippen MR) is 98.4 cm³/mol. The lowest BCUT2D eigenvalue weighted by Gasteiger charge is -2.12. The third kappa shape index (κ3) is 4.71. The second-order valence-electron chi connectivity index (χ2n) is 6.06. The van der Waals surface area contributed by atoms with Gasteiger partial charge in [-0.05, 0) is 36.3 Å². The van der Waals surface area contributed by atoms with Gasteiger partial charge in [-0.3, -0.25) is 4.79 Å². The number of carbonyl (C=O) groups is 1. The van der Waals surface area contributed by atoms with Gasteiger partial charge in [0.2, 0.25) is 0 Å². The van der Waals surface area contributed by atoms with Crippen LogP contribution in [0.25, 0.3) is 10.8 Å². The summed E-state index contributed by atoms with van der Waals surface area (Å²) in [7, 11) is 1.37. The molecule has 0 aliphatic carbocycles. The zero-order valence-corrected chi connectivity index (χ0v) is 14.4. The Hall–Kier alpha value is -2.57. The zero-order chi connectivity index (χ0) is 17.4. The summed E-state index contributed by atoms with van der Waals surface area (Å²) in [6.45, 7) is 5.01. The number of nitrogens with one attached hydrogen (secondary N) is 1. The van der Waals surface area contributed by atoms with E-state index in [0.717, 1.165) is 13.1 Å². The molecule has 3 heteroatoms. The van der Waals surface area contributed by atoms with Gasteiger partial charge in [0, 0.05) is 13.1 Å². The summed E-state index contributed by atoms with van der Waals surface area (Å²) >= 11 is 0. The molecule has 24 heavy (non-hydrogen) atoms. The number of hydrogen-bond donors (Lipinski definition) is 1. The van der Waals surface area contributed by atoms with Crippen LogP contribution in [0.2, 0.25) is 0 Å². The lowest BCUT2D eigenvalue weighted by molar-refractivity contribution is -0.147. The Labute approximate surface area is 143 Å². The van der Waals surface area contributed by atoms with E-state index in [9.17, 15) is 4.79 Å². The Bertz CT molecular complexity index is 789. The summed E-state index contributed by atoms with van der Waals surface area (Å²) in [5.41, 5.74) is 0.495. The summed E-state index contributed by atoms with van der Waals surface area (Å²) < 4.78 is 4.72. The minimum atomic E-state index is -0.782. The molecule has 124 valence electrons. The van der Waals surface area contributed by atoms with Crippen LogP contribution in [0.1, 0.15) is 19.4 Å². The van der Waals surface area contributed by atoms with E-state index in [1.165, 1.54) is 23.4 Å². The summed E-state index contributed by atoms with van der Waals surface area (Å²) in [5.74, 6) is 5.48. The molecule has 0 saturated heterocycles. The summed E-state index contributed by atoms with van der Waals surface area (Å²) in [6, 6.07) is 14.7. The van der Waals surface area contributed by atoms with Crippen molar-refractivity contribution in [2.75, 3.05) is 13.7 Å². The first-order valence-corrected chi connectivity index (χ1v) is 7.98. The summed E-state index contributed by atoms with van der Waals surface area (Å²) in [4.78, 5) is 11.5. The van der Waals surface area contributed by atoms with Crippen molar-refractivity contribution in [2.45, 2.75) is 20.4 Å². The van der Waals surface area contributed by atoms with Crippen LogP contribution in [-0.4, -0.2) is 19.6 Å². The highest BCUT2D eigenvalue weighted by Crippen LogP contribution is 2.18. The molecule has 0 spiro atoms. The molecule has 0 atom stereocenters. The third-order valence-corrected chi connectivity index (χ3v) is 3.74. The lowest BCUT2D eigenvalue weighted by Crippen LogP contribution is -2.23. The molecule has 0 fully saturated rings. The molecule has 0 bridgehead atoms. The first-order valence-electron chi connectivity index (χ1n) is 7.98. The summed E-state index contributed by atoms with van der Waals surface area (Å²) in [6.07, 6.45) is 3.71. The molecule has 0 saturated carbocycles. The second kappa shape index (κ2) is 8.33. The first-order chi connectivity index (χ1) is 11.5. The largest absolute Gasteiger partial charge is 0.468 e. The predicted octanol–water partition coefficient (Wildman–Crippen LogP) is 3.69. The third-order valence-electron chi connectivity index (χ3n) is 3.74. The van der Waals surface area contributed by atoms with Gasteiger partial charge in [0.15, 0.2) is 0 Å². The van der Waals surface area contributed by atoms with Crippen molar-refractivity contribution in [2.24, 2.45) is 5.41 Å². The number of rotatable bonds is 5. The maximum Gasteiger partial charge on any atom is 0.323 e. The van der Waals surface area contributed by atoms with Crippen LogP contribution in [0.15, 0.2) is 54.6 Å². The SMILES string of the molecule is COC(=O)C(C)(C)C#CC=CCNCc1cccc2ccccc12. The van der Waals surface area contributed by atoms with Crippen LogP contribution >= 0.6 is 0 Å². The number of methoxy groups -OCH3 is 1. The van der Waals surface area contributed by atoms with Crippen molar-refractivity contribution in [1.29, 1.82) is 0 Å². The lowest BCUT2D eigenvalue weighted by atomic mass is 9.95. The molecule has 0 aliphatic rings. The topological polar surface area (TPSA) is 38.3 Å². The van der Waals surface area contributed by atoms with Crippen molar-refractivity contribution in [3.05, 3.63) is 60.2 Å². The molecule has 0 heterocycles. The van der Waals surface area contributed by atoms with Crippen molar-refractivity contribution in [3.63, 3.8) is 0 Å². The molecular weight excluding hydrogens is 298 g/mol. The molecule has 2 rings (SSSR count). The number of allylic oxidation sites excluding steroid dienone is 1. The first kappa shape index (κ1) is 17.8. The van der Waals surface area contributed by atoms with Crippen molar-refractivity contribution < 1.29 is 9.53 Å². The van der Waals surface area contributed by atoms with Crippen molar-refractivity contribution >= 4 is 16.7 Å². The Morgan fingerprint density at radius 2 is 1.96 bits per heavy atom. The highest BCUT2D eigenvalue weighted by Gasteiger charge is 2.25. The maximum atomic E-state index is 11.5. The molecule has 0 unspecified atom stereocenters. The molecule has 2 aromatic rings. The van der Waals surface area contributed by atoms with E-state index < -0.39 is 5.41 Å². The van der Waals surface area contributed by atoms with Gasteiger partial charge in [0.25, 0.3) is 0 Å². The van der Waals surface area contributed by atoms with Crippen LogP contribution in [0.3, 0.4) is 0 Å². The van der Waals surface area contributed by atoms with E-state index in [1.807, 2.05) is 6.08 Å². The molecule has 1 N–H and O–H groups in total. The second-order valence-corrected chi connectivity index (χ2v) is 6.06. The number of fused-ring (bicyclic) bond motifs is 1. The zero-order valence-electron chi connectivity index (χ0n) is 14.4. The Morgan fingerprint density at radius 1 is 1.21 bits per heavy atom. The van der Waals surface area contributed by atoms with Gasteiger partial charge >= 0.3 is 5.97 Å². The van der Waals surface area contributed by atoms with E-state index in [0.29, 0.717) is 0 Å². The molecule has 0 radical (unpaired) electrons. The van der Waals surface area contributed by atoms with Gasteiger partial charge in [-0.1, -0.05) is 60.4 Å². The van der Waals surface area contributed by atoms with Crippen LogP contribution in [0.4, 0.5) is 0 Å². The van der Waals surface area contributed by atoms with Gasteiger partial charge in [0.05, 0.1) is 7.11 Å². The Balaban J connectivity index is 1.86. The molecule has 0 aliphatic heterocycles. The highest BCUT2D eigenvalue weighted by molar-refractivity contribution is 5.85. The summed E-state index contributed by atoms with van der Waals surface area (Å²) in [5, 5.41) is 5.91. The average molecular weight is 321 g/mol. The highest BCUT2D eigenvalue weighted by atomic mass is 16.5. The fourth-order valence-corrected chi connectivity index (χ4v) is 2.38. The number of esters is 1. The van der Waals surface area contributed by atoms with E-state index >= 15 is 0 Å². The number of benzene rings is 2. The van der Waals surface area contributed by atoms with Crippen molar-refractivity contribution in [3.8, 4) is 11.8 Å². The van der Waals surface area contributed by atoms with Gasteiger partial charge in [0.1, 0.15) is 5.41 Å². The number of carbonyl (C=O) groups excluding carboxylic acids is 1. The molecule has 0 amide bonds. The quantitative estimate of drug-likeness (QED) is 0.518. The van der Waals surface area contributed by atoms with Gasteiger partial charge in [-0.25, -0.2) is 0 Å². The number of hydrogen-bond acceptors (Lipinski definition) is 3. The van der Waals surface area contributed by atoms with Crippen LogP contribution in [0, 0.1) is 17.3 Å². The Morgan fingerprint density at radius 3 is 2.75 bits per heavy atom. The van der Waals surface area contributed by atoms with Gasteiger partial charge in [-0.2, -0.15) is 0 Å². The fourth-order valence-electron chi connectivity index (χ4n) is 2.38. The molecule has 3 nitrogen and oxygen atoms in total.